The molecule has 0 radical (unpaired) electrons. The third kappa shape index (κ3) is 1.45. The summed E-state index contributed by atoms with van der Waals surface area (Å²) >= 11 is 3.34. The molecule has 0 aromatic rings. The van der Waals surface area contributed by atoms with Gasteiger partial charge in [-0.15, -0.1) is 0 Å². The van der Waals surface area contributed by atoms with Crippen molar-refractivity contribution in [3.8, 4) is 0 Å². The first-order valence-corrected chi connectivity index (χ1v) is 3.33. The van der Waals surface area contributed by atoms with Crippen molar-refractivity contribution < 1.29 is 17.6 Å². The molecule has 0 saturated carbocycles. The molecule has 0 spiro atoms. The fourth-order valence-electron chi connectivity index (χ4n) is 0.699. The maximum Gasteiger partial charge on any atom is 0.222 e. The lowest BCUT2D eigenvalue weighted by molar-refractivity contribution is 0.117. The first-order valence-electron chi connectivity index (χ1n) is 2.82. The predicted molar refractivity (Wildman–Crippen MR) is 34.9 cm³/mol. The van der Waals surface area contributed by atoms with E-state index < -0.39 is 29.5 Å². The van der Waals surface area contributed by atoms with Gasteiger partial charge in [0.15, 0.2) is 12.0 Å². The van der Waals surface area contributed by atoms with E-state index in [0.29, 0.717) is 0 Å². The Labute approximate surface area is 65.9 Å². The molecule has 0 amide bonds. The molecule has 0 saturated heterocycles. The number of hydrogen-bond acceptors (Lipinski definition) is 2. The van der Waals surface area contributed by atoms with Crippen LogP contribution in [0.1, 0.15) is 0 Å². The Balaban J connectivity index is 2.86. The summed E-state index contributed by atoms with van der Waals surface area (Å²) in [6.07, 6.45) is -4.38. The minimum absolute atomic E-state index is 1.36. The van der Waals surface area contributed by atoms with Crippen molar-refractivity contribution in [2.24, 2.45) is 0 Å². The molecule has 0 bridgehead atoms. The van der Waals surface area contributed by atoms with Crippen molar-refractivity contribution >= 4 is 12.6 Å². The molecule has 0 aliphatic carbocycles. The summed E-state index contributed by atoms with van der Waals surface area (Å²) < 4.78 is 49.3. The van der Waals surface area contributed by atoms with Gasteiger partial charge < -0.3 is 5.32 Å². The second-order valence-electron chi connectivity index (χ2n) is 2.10. The van der Waals surface area contributed by atoms with Crippen LogP contribution in [-0.2, 0) is 0 Å². The van der Waals surface area contributed by atoms with Gasteiger partial charge in [0.05, 0.1) is 5.25 Å². The lowest BCUT2D eigenvalue weighted by atomic mass is 10.2. The molecule has 11 heavy (non-hydrogen) atoms. The summed E-state index contributed by atoms with van der Waals surface area (Å²) in [5.41, 5.74) is 0. The van der Waals surface area contributed by atoms with Crippen LogP contribution >= 0.6 is 12.6 Å². The van der Waals surface area contributed by atoms with Crippen LogP contribution in [0.25, 0.3) is 0 Å². The van der Waals surface area contributed by atoms with Gasteiger partial charge in [-0.25, -0.2) is 13.2 Å². The second-order valence-corrected chi connectivity index (χ2v) is 2.65. The van der Waals surface area contributed by atoms with Crippen LogP contribution in [0.2, 0.25) is 0 Å². The van der Waals surface area contributed by atoms with E-state index in [0.717, 1.165) is 0 Å². The SMILES string of the molecule is FC1=C(F)[C@H](S)C(F)[C@H](F)N1. The molecule has 0 aromatic carbocycles. The van der Waals surface area contributed by atoms with E-state index in [1.165, 1.54) is 5.32 Å². The van der Waals surface area contributed by atoms with Crippen LogP contribution in [0.5, 0.6) is 0 Å². The van der Waals surface area contributed by atoms with Crippen molar-refractivity contribution in [1.82, 2.24) is 5.32 Å². The fraction of sp³-hybridized carbons (Fsp3) is 0.600. The molecule has 1 rings (SSSR count). The highest BCUT2D eigenvalue weighted by atomic mass is 32.1. The summed E-state index contributed by atoms with van der Waals surface area (Å²) in [6, 6.07) is 0. The highest BCUT2D eigenvalue weighted by Crippen LogP contribution is 2.28. The monoisotopic (exact) mass is 187 g/mol. The lowest BCUT2D eigenvalue weighted by Gasteiger charge is -2.24. The number of halogens is 4. The third-order valence-electron chi connectivity index (χ3n) is 1.32. The summed E-state index contributed by atoms with van der Waals surface area (Å²) in [5.74, 6) is -2.87. The van der Waals surface area contributed by atoms with Gasteiger partial charge in [-0.05, 0) is 0 Å². The van der Waals surface area contributed by atoms with Crippen molar-refractivity contribution in [3.63, 3.8) is 0 Å². The zero-order valence-electron chi connectivity index (χ0n) is 5.19. The first kappa shape index (κ1) is 8.70. The molecular formula is C5H5F4NS. The average molecular weight is 187 g/mol. The van der Waals surface area contributed by atoms with Gasteiger partial charge in [0.2, 0.25) is 12.2 Å². The van der Waals surface area contributed by atoms with Gasteiger partial charge in [0.1, 0.15) is 0 Å². The fourth-order valence-corrected chi connectivity index (χ4v) is 0.964. The minimum atomic E-state index is -2.22. The van der Waals surface area contributed by atoms with Crippen molar-refractivity contribution in [3.05, 3.63) is 11.8 Å². The average Bonchev–Trinajstić information content (AvgIpc) is 1.97. The Morgan fingerprint density at radius 3 is 2.36 bits per heavy atom. The first-order chi connectivity index (χ1) is 5.04. The third-order valence-corrected chi connectivity index (χ3v) is 1.83. The van der Waals surface area contributed by atoms with Crippen LogP contribution in [0, 0.1) is 0 Å². The van der Waals surface area contributed by atoms with Gasteiger partial charge in [0, 0.05) is 0 Å². The highest BCUT2D eigenvalue weighted by molar-refractivity contribution is 7.81. The summed E-state index contributed by atoms with van der Waals surface area (Å²) in [5, 5.41) is -0.290. The minimum Gasteiger partial charge on any atom is -0.328 e. The van der Waals surface area contributed by atoms with Crippen LogP contribution in [0.4, 0.5) is 17.6 Å². The highest BCUT2D eigenvalue weighted by Gasteiger charge is 2.37. The molecule has 0 aromatic heterocycles. The molecule has 1 N–H and O–H groups in total. The normalized spacial score (nSPS) is 38.8. The van der Waals surface area contributed by atoms with E-state index in [9.17, 15) is 17.6 Å². The Bertz CT molecular complexity index is 195. The van der Waals surface area contributed by atoms with E-state index in [1.807, 2.05) is 0 Å². The lowest BCUT2D eigenvalue weighted by Crippen LogP contribution is -2.43. The quantitative estimate of drug-likeness (QED) is 0.333. The molecule has 1 heterocycles. The summed E-state index contributed by atoms with van der Waals surface area (Å²) in [7, 11) is 0. The van der Waals surface area contributed by atoms with E-state index in [-0.39, 0.29) is 0 Å². The molecule has 1 unspecified atom stereocenters. The zero-order valence-corrected chi connectivity index (χ0v) is 6.09. The smallest absolute Gasteiger partial charge is 0.222 e. The van der Waals surface area contributed by atoms with Gasteiger partial charge in [-0.2, -0.15) is 17.0 Å². The molecule has 0 fully saturated rings. The van der Waals surface area contributed by atoms with E-state index >= 15 is 0 Å². The van der Waals surface area contributed by atoms with E-state index in [1.54, 1.807) is 0 Å². The maximum absolute atomic E-state index is 12.4. The Morgan fingerprint density at radius 2 is 1.82 bits per heavy atom. The van der Waals surface area contributed by atoms with Gasteiger partial charge >= 0.3 is 0 Å². The number of alkyl halides is 2. The van der Waals surface area contributed by atoms with Crippen molar-refractivity contribution in [2.45, 2.75) is 17.7 Å². The standard InChI is InChI=1S/C5H5F4NS/c6-1-3(11)2(7)5(9)10-4(1)8/h1,3-4,10-11H/t1?,3-,4-/m1/s1. The Hall–Kier alpha value is -0.390. The van der Waals surface area contributed by atoms with Crippen molar-refractivity contribution in [1.29, 1.82) is 0 Å². The van der Waals surface area contributed by atoms with Crippen LogP contribution < -0.4 is 5.32 Å². The van der Waals surface area contributed by atoms with Crippen LogP contribution in [-0.4, -0.2) is 17.7 Å². The van der Waals surface area contributed by atoms with Gasteiger partial charge in [0.25, 0.3) is 0 Å². The largest absolute Gasteiger partial charge is 0.328 e. The summed E-state index contributed by atoms with van der Waals surface area (Å²) in [4.78, 5) is 0. The second kappa shape index (κ2) is 2.92. The predicted octanol–water partition coefficient (Wildman–Crippen LogP) is 1.63. The Morgan fingerprint density at radius 1 is 1.27 bits per heavy atom. The van der Waals surface area contributed by atoms with Crippen molar-refractivity contribution in [2.75, 3.05) is 0 Å². The molecule has 1 aliphatic rings. The van der Waals surface area contributed by atoms with E-state index in [2.05, 4.69) is 12.6 Å². The maximum atomic E-state index is 12.4. The molecule has 3 atom stereocenters. The molecule has 6 heteroatoms. The van der Waals surface area contributed by atoms with E-state index in [4.69, 9.17) is 0 Å². The Kier molecular flexibility index (Phi) is 2.31. The number of rotatable bonds is 0. The number of thiol groups is 1. The summed E-state index contributed by atoms with van der Waals surface area (Å²) in [6.45, 7) is 0. The van der Waals surface area contributed by atoms with Gasteiger partial charge in [-0.1, -0.05) is 0 Å². The van der Waals surface area contributed by atoms with Gasteiger partial charge in [-0.3, -0.25) is 0 Å². The molecule has 64 valence electrons. The topological polar surface area (TPSA) is 12.0 Å². The number of nitrogens with one attached hydrogen (secondary N) is 1. The van der Waals surface area contributed by atoms with Crippen LogP contribution in [0.15, 0.2) is 11.8 Å². The number of hydrogen-bond donors (Lipinski definition) is 2. The molecular weight excluding hydrogens is 182 g/mol. The zero-order chi connectivity index (χ0) is 8.59. The molecule has 1 nitrogen and oxygen atoms in total. The molecule has 1 aliphatic heterocycles. The van der Waals surface area contributed by atoms with Crippen LogP contribution in [0.3, 0.4) is 0 Å².